The highest BCUT2D eigenvalue weighted by Gasteiger charge is 2.27. The fourth-order valence-electron chi connectivity index (χ4n) is 2.76. The zero-order chi connectivity index (χ0) is 19.7. The molecule has 2 aliphatic heterocycles. The second kappa shape index (κ2) is 7.18. The molecular weight excluding hydrogens is 376 g/mol. The van der Waals surface area contributed by atoms with Crippen LogP contribution in [0.3, 0.4) is 0 Å². The minimum absolute atomic E-state index is 0.0113. The molecule has 0 bridgehead atoms. The van der Waals surface area contributed by atoms with E-state index >= 15 is 0 Å². The van der Waals surface area contributed by atoms with E-state index in [4.69, 9.17) is 18.9 Å². The van der Waals surface area contributed by atoms with Crippen molar-refractivity contribution in [2.24, 2.45) is 4.99 Å². The van der Waals surface area contributed by atoms with Gasteiger partial charge < -0.3 is 23.7 Å². The summed E-state index contributed by atoms with van der Waals surface area (Å²) in [5.41, 5.74) is 0.695. The molecule has 0 aromatic heterocycles. The third kappa shape index (κ3) is 3.34. The molecule has 4 rings (SSSR count). The van der Waals surface area contributed by atoms with E-state index in [-0.39, 0.29) is 29.7 Å². The number of fused-ring (bicyclic) bond motifs is 1. The molecule has 7 nitrogen and oxygen atoms in total. The number of nitrogens with zero attached hydrogens (tertiary/aromatic N) is 1. The number of carbonyl (C=O) groups is 1. The fraction of sp³-hybridized carbons (Fsp3) is 0.158. The summed E-state index contributed by atoms with van der Waals surface area (Å²) in [6.07, 6.45) is 1.47. The zero-order valence-corrected chi connectivity index (χ0v) is 14.5. The van der Waals surface area contributed by atoms with Crippen LogP contribution in [0.15, 0.2) is 47.1 Å². The van der Waals surface area contributed by atoms with Crippen molar-refractivity contribution in [2.45, 2.75) is 6.61 Å². The molecule has 9 heteroatoms. The van der Waals surface area contributed by atoms with Crippen LogP contribution in [-0.4, -0.2) is 32.4 Å². The molecule has 2 aromatic carbocycles. The van der Waals surface area contributed by atoms with Crippen molar-refractivity contribution in [2.75, 3.05) is 13.9 Å². The molecule has 0 saturated heterocycles. The first kappa shape index (κ1) is 17.8. The normalized spacial score (nSPS) is 16.4. The molecule has 0 fully saturated rings. The highest BCUT2D eigenvalue weighted by Crippen LogP contribution is 2.42. The van der Waals surface area contributed by atoms with Gasteiger partial charge >= 0.3 is 12.6 Å². The molecule has 0 unspecified atom stereocenters. The van der Waals surface area contributed by atoms with Crippen LogP contribution in [0.2, 0.25) is 0 Å². The SMILES string of the molecule is COc1cc(/C=C2\N=C(c3ccccc3OC(F)F)OC2=O)cc2c1OCO2. The lowest BCUT2D eigenvalue weighted by Gasteiger charge is -2.08. The van der Waals surface area contributed by atoms with Crippen LogP contribution in [0.25, 0.3) is 6.08 Å². The van der Waals surface area contributed by atoms with Crippen molar-refractivity contribution in [3.63, 3.8) is 0 Å². The summed E-state index contributed by atoms with van der Waals surface area (Å²) in [6, 6.07) is 9.23. The van der Waals surface area contributed by atoms with E-state index in [2.05, 4.69) is 9.73 Å². The molecule has 0 aliphatic carbocycles. The highest BCUT2D eigenvalue weighted by molar-refractivity contribution is 6.13. The van der Waals surface area contributed by atoms with Gasteiger partial charge in [0.2, 0.25) is 18.4 Å². The smallest absolute Gasteiger partial charge is 0.387 e. The number of hydrogen-bond acceptors (Lipinski definition) is 7. The number of cyclic esters (lactones) is 1. The van der Waals surface area contributed by atoms with Gasteiger partial charge in [-0.2, -0.15) is 8.78 Å². The summed E-state index contributed by atoms with van der Waals surface area (Å²) in [7, 11) is 1.48. The number of benzene rings is 2. The third-order valence-corrected chi connectivity index (χ3v) is 3.94. The second-order valence-electron chi connectivity index (χ2n) is 5.67. The molecule has 0 spiro atoms. The number of methoxy groups -OCH3 is 1. The molecule has 0 N–H and O–H groups in total. The van der Waals surface area contributed by atoms with Gasteiger partial charge in [0.1, 0.15) is 5.75 Å². The Morgan fingerprint density at radius 3 is 2.79 bits per heavy atom. The lowest BCUT2D eigenvalue weighted by atomic mass is 10.1. The van der Waals surface area contributed by atoms with E-state index in [1.54, 1.807) is 18.2 Å². The number of rotatable bonds is 5. The maximum atomic E-state index is 12.6. The lowest BCUT2D eigenvalue weighted by molar-refractivity contribution is -0.129. The molecule has 0 saturated carbocycles. The first-order valence-corrected chi connectivity index (χ1v) is 8.09. The largest absolute Gasteiger partial charge is 0.493 e. The van der Waals surface area contributed by atoms with E-state index in [0.29, 0.717) is 22.8 Å². The number of para-hydroxylation sites is 1. The summed E-state index contributed by atoms with van der Waals surface area (Å²) in [4.78, 5) is 16.3. The summed E-state index contributed by atoms with van der Waals surface area (Å²) >= 11 is 0. The molecule has 144 valence electrons. The Labute approximate surface area is 157 Å². The first-order chi connectivity index (χ1) is 13.5. The molecule has 0 radical (unpaired) electrons. The van der Waals surface area contributed by atoms with Crippen LogP contribution in [0.4, 0.5) is 8.78 Å². The average molecular weight is 389 g/mol. The molecule has 2 heterocycles. The number of ether oxygens (including phenoxy) is 5. The van der Waals surface area contributed by atoms with Gasteiger partial charge in [-0.05, 0) is 35.9 Å². The van der Waals surface area contributed by atoms with E-state index in [1.807, 2.05) is 0 Å². The molecule has 28 heavy (non-hydrogen) atoms. The zero-order valence-electron chi connectivity index (χ0n) is 14.5. The van der Waals surface area contributed by atoms with E-state index in [0.717, 1.165) is 0 Å². The summed E-state index contributed by atoms with van der Waals surface area (Å²) in [6.45, 7) is -2.95. The summed E-state index contributed by atoms with van der Waals surface area (Å²) < 4.78 is 50.7. The van der Waals surface area contributed by atoms with Crippen molar-refractivity contribution in [1.82, 2.24) is 0 Å². The number of alkyl halides is 2. The van der Waals surface area contributed by atoms with Crippen LogP contribution >= 0.6 is 0 Å². The van der Waals surface area contributed by atoms with Gasteiger partial charge in [0.25, 0.3) is 0 Å². The maximum Gasteiger partial charge on any atom is 0.387 e. The fourth-order valence-corrected chi connectivity index (χ4v) is 2.76. The Bertz CT molecular complexity index is 1000. The molecule has 0 atom stereocenters. The van der Waals surface area contributed by atoms with Crippen molar-refractivity contribution in [3.05, 3.63) is 53.2 Å². The van der Waals surface area contributed by atoms with Gasteiger partial charge in [0.05, 0.1) is 12.7 Å². The predicted molar refractivity (Wildman–Crippen MR) is 92.8 cm³/mol. The predicted octanol–water partition coefficient (Wildman–Crippen LogP) is 3.37. The minimum atomic E-state index is -3.02. The van der Waals surface area contributed by atoms with E-state index < -0.39 is 12.6 Å². The number of hydrogen-bond donors (Lipinski definition) is 0. The van der Waals surface area contributed by atoms with Crippen LogP contribution < -0.4 is 18.9 Å². The van der Waals surface area contributed by atoms with Gasteiger partial charge in [0.15, 0.2) is 17.2 Å². The number of carbonyl (C=O) groups excluding carboxylic acids is 1. The minimum Gasteiger partial charge on any atom is -0.493 e. The Hall–Kier alpha value is -3.62. The van der Waals surface area contributed by atoms with Gasteiger partial charge in [-0.1, -0.05) is 12.1 Å². The number of aliphatic imine (C=N–C) groups is 1. The molecule has 0 amide bonds. The Morgan fingerprint density at radius 2 is 2.00 bits per heavy atom. The van der Waals surface area contributed by atoms with Crippen LogP contribution in [0.1, 0.15) is 11.1 Å². The molecule has 2 aliphatic rings. The second-order valence-corrected chi connectivity index (χ2v) is 5.67. The Balaban J connectivity index is 1.69. The van der Waals surface area contributed by atoms with Crippen molar-refractivity contribution in [1.29, 1.82) is 0 Å². The lowest BCUT2D eigenvalue weighted by Crippen LogP contribution is -2.10. The van der Waals surface area contributed by atoms with Crippen LogP contribution in [0, 0.1) is 0 Å². The maximum absolute atomic E-state index is 12.6. The van der Waals surface area contributed by atoms with Crippen molar-refractivity contribution >= 4 is 17.9 Å². The number of esters is 1. The first-order valence-electron chi connectivity index (χ1n) is 8.09. The van der Waals surface area contributed by atoms with E-state index in [1.165, 1.54) is 31.4 Å². The van der Waals surface area contributed by atoms with Gasteiger partial charge in [-0.25, -0.2) is 9.79 Å². The monoisotopic (exact) mass is 389 g/mol. The molecule has 2 aromatic rings. The summed E-state index contributed by atoms with van der Waals surface area (Å²) in [5, 5.41) is 0. The average Bonchev–Trinajstić information content (AvgIpc) is 3.28. The van der Waals surface area contributed by atoms with Gasteiger partial charge in [0, 0.05) is 0 Å². The van der Waals surface area contributed by atoms with Gasteiger partial charge in [-0.15, -0.1) is 0 Å². The highest BCUT2D eigenvalue weighted by atomic mass is 19.3. The topological polar surface area (TPSA) is 75.6 Å². The van der Waals surface area contributed by atoms with Gasteiger partial charge in [-0.3, -0.25) is 0 Å². The van der Waals surface area contributed by atoms with Crippen molar-refractivity contribution < 1.29 is 37.3 Å². The quantitative estimate of drug-likeness (QED) is 0.577. The molecular formula is C19H13F2NO6. The van der Waals surface area contributed by atoms with Crippen molar-refractivity contribution in [3.8, 4) is 23.0 Å². The third-order valence-electron chi connectivity index (χ3n) is 3.94. The van der Waals surface area contributed by atoms with Crippen LogP contribution in [-0.2, 0) is 9.53 Å². The Morgan fingerprint density at radius 1 is 1.18 bits per heavy atom. The van der Waals surface area contributed by atoms with Crippen LogP contribution in [0.5, 0.6) is 23.0 Å². The standard InChI is InChI=1S/C19H13F2NO6/c1-24-14-7-10(8-15-16(14)26-9-25-15)6-12-18(23)28-17(22-12)11-4-2-3-5-13(11)27-19(20)21/h2-8,19H,9H2,1H3/b12-6-. The number of halogens is 2. The van der Waals surface area contributed by atoms with E-state index in [9.17, 15) is 13.6 Å². The summed E-state index contributed by atoms with van der Waals surface area (Å²) in [5.74, 6) is 0.389. The Kier molecular flexibility index (Phi) is 4.56.